The molecule has 1 saturated heterocycles. The lowest BCUT2D eigenvalue weighted by Crippen LogP contribution is -2.52. The summed E-state index contributed by atoms with van der Waals surface area (Å²) < 4.78 is 32.7. The van der Waals surface area contributed by atoms with Gasteiger partial charge in [-0.25, -0.2) is 0 Å². The van der Waals surface area contributed by atoms with Crippen LogP contribution in [0, 0.1) is 6.92 Å². The Balaban J connectivity index is 1.85. The Kier molecular flexibility index (Phi) is 4.09. The zero-order valence-corrected chi connectivity index (χ0v) is 12.6. The van der Waals surface area contributed by atoms with Gasteiger partial charge in [0, 0.05) is 18.4 Å². The highest BCUT2D eigenvalue weighted by Gasteiger charge is 2.50. The lowest BCUT2D eigenvalue weighted by Gasteiger charge is -2.37. The van der Waals surface area contributed by atoms with Crippen LogP contribution in [-0.4, -0.2) is 28.4 Å². The highest BCUT2D eigenvalue weighted by molar-refractivity contribution is 5.82. The third-order valence-corrected chi connectivity index (χ3v) is 3.72. The standard InChI is InChI=1S/C17H16F2N2O2/c1-12-9-14(7-8-20-12)15-11-21(16(22)17(18,19)23-15)10-13-5-3-2-4-6-13/h2-9,15H,10-11H2,1H3. The minimum atomic E-state index is -3.82. The number of pyridine rings is 1. The SMILES string of the molecule is Cc1cc(C2CN(Cc3ccccc3)C(=O)C(F)(F)O2)ccn1. The zero-order chi connectivity index (χ0) is 16.4. The Bertz CT molecular complexity index is 707. The van der Waals surface area contributed by atoms with E-state index in [4.69, 9.17) is 4.74 Å². The molecule has 0 radical (unpaired) electrons. The van der Waals surface area contributed by atoms with Crippen LogP contribution < -0.4 is 0 Å². The van der Waals surface area contributed by atoms with E-state index in [1.807, 2.05) is 18.2 Å². The fourth-order valence-electron chi connectivity index (χ4n) is 2.61. The number of benzene rings is 1. The Labute approximate surface area is 132 Å². The van der Waals surface area contributed by atoms with Crippen molar-refractivity contribution in [1.82, 2.24) is 9.88 Å². The van der Waals surface area contributed by atoms with Crippen LogP contribution in [0.25, 0.3) is 0 Å². The van der Waals surface area contributed by atoms with Crippen molar-refractivity contribution in [3.8, 4) is 0 Å². The predicted molar refractivity (Wildman–Crippen MR) is 79.6 cm³/mol. The number of carbonyl (C=O) groups excluding carboxylic acids is 1. The number of alkyl halides is 2. The summed E-state index contributed by atoms with van der Waals surface area (Å²) in [6.45, 7) is 1.98. The number of carbonyl (C=O) groups is 1. The van der Waals surface area contributed by atoms with Gasteiger partial charge in [-0.1, -0.05) is 30.3 Å². The maximum atomic E-state index is 14.0. The number of nitrogens with zero attached hydrogens (tertiary/aromatic N) is 2. The van der Waals surface area contributed by atoms with Crippen LogP contribution in [0.2, 0.25) is 0 Å². The molecule has 3 rings (SSSR count). The predicted octanol–water partition coefficient (Wildman–Crippen LogP) is 3.08. The number of rotatable bonds is 3. The molecule has 0 bridgehead atoms. The van der Waals surface area contributed by atoms with Crippen LogP contribution in [-0.2, 0) is 16.1 Å². The number of aryl methyl sites for hydroxylation is 1. The Morgan fingerprint density at radius 1 is 1.30 bits per heavy atom. The molecule has 2 aromatic rings. The third kappa shape index (κ3) is 3.37. The van der Waals surface area contributed by atoms with Gasteiger partial charge in [0.2, 0.25) is 0 Å². The number of ether oxygens (including phenoxy) is 1. The van der Waals surface area contributed by atoms with Crippen LogP contribution in [0.15, 0.2) is 48.7 Å². The van der Waals surface area contributed by atoms with Crippen molar-refractivity contribution in [3.05, 3.63) is 65.5 Å². The molecule has 1 aliphatic rings. The third-order valence-electron chi connectivity index (χ3n) is 3.72. The van der Waals surface area contributed by atoms with E-state index in [0.29, 0.717) is 11.3 Å². The summed E-state index contributed by atoms with van der Waals surface area (Å²) in [5.41, 5.74) is 2.09. The van der Waals surface area contributed by atoms with E-state index in [2.05, 4.69) is 4.98 Å². The van der Waals surface area contributed by atoms with E-state index in [9.17, 15) is 13.6 Å². The van der Waals surface area contributed by atoms with E-state index >= 15 is 0 Å². The lowest BCUT2D eigenvalue weighted by atomic mass is 10.1. The summed E-state index contributed by atoms with van der Waals surface area (Å²) in [6.07, 6.45) is -3.16. The van der Waals surface area contributed by atoms with Crippen molar-refractivity contribution in [2.24, 2.45) is 0 Å². The number of aromatic nitrogens is 1. The average molecular weight is 318 g/mol. The van der Waals surface area contributed by atoms with Gasteiger partial charge >= 0.3 is 12.0 Å². The van der Waals surface area contributed by atoms with E-state index in [1.54, 1.807) is 37.4 Å². The molecule has 2 heterocycles. The number of hydrogen-bond donors (Lipinski definition) is 0. The van der Waals surface area contributed by atoms with Crippen molar-refractivity contribution < 1.29 is 18.3 Å². The number of hydrogen-bond acceptors (Lipinski definition) is 3. The molecule has 1 fully saturated rings. The summed E-state index contributed by atoms with van der Waals surface area (Å²) in [5.74, 6) is -1.30. The van der Waals surface area contributed by atoms with Crippen LogP contribution >= 0.6 is 0 Å². The Morgan fingerprint density at radius 3 is 2.74 bits per heavy atom. The second kappa shape index (κ2) is 6.04. The molecule has 4 nitrogen and oxygen atoms in total. The summed E-state index contributed by atoms with van der Waals surface area (Å²) in [6, 6.07) is 12.4. The van der Waals surface area contributed by atoms with Gasteiger partial charge in [-0.2, -0.15) is 8.78 Å². The first-order valence-electron chi connectivity index (χ1n) is 7.27. The van der Waals surface area contributed by atoms with Crippen LogP contribution in [0.5, 0.6) is 0 Å². The number of amides is 1. The molecule has 1 atom stereocenters. The molecule has 1 aromatic heterocycles. The van der Waals surface area contributed by atoms with Crippen molar-refractivity contribution >= 4 is 5.91 Å². The summed E-state index contributed by atoms with van der Waals surface area (Å²) in [5, 5.41) is 0. The van der Waals surface area contributed by atoms with Gasteiger partial charge in [-0.15, -0.1) is 0 Å². The van der Waals surface area contributed by atoms with E-state index in [-0.39, 0.29) is 13.1 Å². The fourth-order valence-corrected chi connectivity index (χ4v) is 2.61. The largest absolute Gasteiger partial charge is 0.437 e. The molecule has 1 aromatic carbocycles. The molecule has 0 aliphatic carbocycles. The average Bonchev–Trinajstić information content (AvgIpc) is 2.52. The monoisotopic (exact) mass is 318 g/mol. The van der Waals surface area contributed by atoms with E-state index < -0.39 is 18.1 Å². The minimum Gasteiger partial charge on any atom is -0.328 e. The molecule has 1 unspecified atom stereocenters. The van der Waals surface area contributed by atoms with Crippen molar-refractivity contribution in [3.63, 3.8) is 0 Å². The topological polar surface area (TPSA) is 42.4 Å². The second-order valence-corrected chi connectivity index (χ2v) is 5.53. The van der Waals surface area contributed by atoms with Crippen LogP contribution in [0.1, 0.15) is 22.9 Å². The van der Waals surface area contributed by atoms with Gasteiger partial charge in [0.05, 0.1) is 6.54 Å². The van der Waals surface area contributed by atoms with Crippen molar-refractivity contribution in [2.45, 2.75) is 25.7 Å². The first-order chi connectivity index (χ1) is 11.0. The maximum absolute atomic E-state index is 14.0. The van der Waals surface area contributed by atoms with Gasteiger partial charge < -0.3 is 9.64 Å². The van der Waals surface area contributed by atoms with Gasteiger partial charge in [0.1, 0.15) is 6.10 Å². The highest BCUT2D eigenvalue weighted by atomic mass is 19.3. The molecule has 0 N–H and O–H groups in total. The lowest BCUT2D eigenvalue weighted by molar-refractivity contribution is -0.279. The molecule has 1 aliphatic heterocycles. The summed E-state index contributed by atoms with van der Waals surface area (Å²) >= 11 is 0. The molecular formula is C17H16F2N2O2. The fraction of sp³-hybridized carbons (Fsp3) is 0.294. The van der Waals surface area contributed by atoms with Gasteiger partial charge in [0.15, 0.2) is 0 Å². The molecule has 1 amide bonds. The molecule has 120 valence electrons. The van der Waals surface area contributed by atoms with E-state index in [1.165, 1.54) is 0 Å². The molecule has 0 saturated carbocycles. The smallest absolute Gasteiger partial charge is 0.328 e. The molecule has 23 heavy (non-hydrogen) atoms. The normalized spacial score (nSPS) is 20.6. The summed E-state index contributed by atoms with van der Waals surface area (Å²) in [7, 11) is 0. The molecular weight excluding hydrogens is 302 g/mol. The first kappa shape index (κ1) is 15.6. The number of morpholine rings is 1. The van der Waals surface area contributed by atoms with Gasteiger partial charge in [0.25, 0.3) is 0 Å². The number of halogens is 2. The van der Waals surface area contributed by atoms with Crippen molar-refractivity contribution in [2.75, 3.05) is 6.54 Å². The molecule has 0 spiro atoms. The molecule has 6 heteroatoms. The maximum Gasteiger partial charge on any atom is 0.437 e. The van der Waals surface area contributed by atoms with Crippen LogP contribution in [0.4, 0.5) is 8.78 Å². The minimum absolute atomic E-state index is 0.0762. The highest BCUT2D eigenvalue weighted by Crippen LogP contribution is 2.34. The quantitative estimate of drug-likeness (QED) is 0.873. The van der Waals surface area contributed by atoms with Crippen molar-refractivity contribution in [1.29, 1.82) is 0 Å². The Morgan fingerprint density at radius 2 is 2.04 bits per heavy atom. The second-order valence-electron chi connectivity index (χ2n) is 5.53. The zero-order valence-electron chi connectivity index (χ0n) is 12.6. The van der Waals surface area contributed by atoms with Crippen LogP contribution in [0.3, 0.4) is 0 Å². The first-order valence-corrected chi connectivity index (χ1v) is 7.27. The van der Waals surface area contributed by atoms with Gasteiger partial charge in [-0.05, 0) is 30.2 Å². The van der Waals surface area contributed by atoms with E-state index in [0.717, 1.165) is 10.5 Å². The Hall–Kier alpha value is -2.34. The summed E-state index contributed by atoms with van der Waals surface area (Å²) in [4.78, 5) is 17.1. The van der Waals surface area contributed by atoms with Gasteiger partial charge in [-0.3, -0.25) is 9.78 Å².